The summed E-state index contributed by atoms with van der Waals surface area (Å²) in [5, 5.41) is 9.04. The predicted octanol–water partition coefficient (Wildman–Crippen LogP) is 1.84. The number of nitrogens with zero attached hydrogens (tertiary/aromatic N) is 2. The van der Waals surface area contributed by atoms with E-state index in [4.69, 9.17) is 5.11 Å². The molecule has 5 nitrogen and oxygen atoms in total. The van der Waals surface area contributed by atoms with Crippen molar-refractivity contribution in [2.75, 3.05) is 23.6 Å². The highest BCUT2D eigenvalue weighted by Crippen LogP contribution is 2.25. The summed E-state index contributed by atoms with van der Waals surface area (Å²) in [6.45, 7) is 0. The normalized spacial score (nSPS) is 18.4. The molecule has 1 saturated heterocycles. The van der Waals surface area contributed by atoms with Gasteiger partial charge in [0, 0.05) is 12.8 Å². The number of amides is 2. The van der Waals surface area contributed by atoms with Crippen LogP contribution in [0.1, 0.15) is 0 Å². The molecule has 0 aliphatic carbocycles. The van der Waals surface area contributed by atoms with Gasteiger partial charge in [0.05, 0.1) is 11.6 Å². The molecule has 1 aromatic carbocycles. The van der Waals surface area contributed by atoms with E-state index < -0.39 is 23.9 Å². The van der Waals surface area contributed by atoms with Gasteiger partial charge in [0.2, 0.25) is 0 Å². The van der Waals surface area contributed by atoms with E-state index >= 15 is 0 Å². The summed E-state index contributed by atoms with van der Waals surface area (Å²) in [7, 11) is 1.43. The highest BCUT2D eigenvalue weighted by molar-refractivity contribution is 7.99. The molecule has 0 bridgehead atoms. The molecule has 0 saturated carbocycles. The van der Waals surface area contributed by atoms with Crippen molar-refractivity contribution < 1.29 is 19.1 Å². The Labute approximate surface area is 114 Å². The average Bonchev–Trinajstić information content (AvgIpc) is 2.87. The second-order valence-electron chi connectivity index (χ2n) is 4.12. The summed E-state index contributed by atoms with van der Waals surface area (Å²) in [6.07, 6.45) is 0. The number of halogens is 1. The van der Waals surface area contributed by atoms with Gasteiger partial charge in [0.25, 0.3) is 0 Å². The lowest BCUT2D eigenvalue weighted by molar-refractivity contribution is -0.140. The topological polar surface area (TPSA) is 60.9 Å². The summed E-state index contributed by atoms with van der Waals surface area (Å²) in [5.74, 6) is -0.904. The summed E-state index contributed by atoms with van der Waals surface area (Å²) in [5.41, 5.74) is 0.133. The number of aliphatic carboxylic acids is 1. The number of carbonyl (C=O) groups is 2. The van der Waals surface area contributed by atoms with Crippen LogP contribution in [0.15, 0.2) is 24.3 Å². The number of urea groups is 1. The van der Waals surface area contributed by atoms with Crippen LogP contribution < -0.4 is 4.90 Å². The Bertz CT molecular complexity index is 512. The molecular weight excluding hydrogens is 271 g/mol. The number of benzene rings is 1. The molecule has 1 aliphatic rings. The van der Waals surface area contributed by atoms with Crippen molar-refractivity contribution >= 4 is 29.4 Å². The molecule has 2 amide bonds. The Morgan fingerprint density at radius 2 is 2.16 bits per heavy atom. The molecule has 1 N–H and O–H groups in total. The fourth-order valence-corrected chi connectivity index (χ4v) is 2.99. The number of carboxylic acid groups (broad SMARTS) is 1. The lowest BCUT2D eigenvalue weighted by Crippen LogP contribution is -2.47. The van der Waals surface area contributed by atoms with E-state index in [-0.39, 0.29) is 5.69 Å². The molecule has 1 unspecified atom stereocenters. The molecule has 0 aromatic heterocycles. The van der Waals surface area contributed by atoms with E-state index in [9.17, 15) is 14.0 Å². The molecule has 7 heteroatoms. The maximum atomic E-state index is 13.6. The van der Waals surface area contributed by atoms with Crippen LogP contribution >= 0.6 is 11.8 Å². The fourth-order valence-electron chi connectivity index (χ4n) is 1.86. The Balaban J connectivity index is 2.20. The zero-order chi connectivity index (χ0) is 14.0. The van der Waals surface area contributed by atoms with Gasteiger partial charge in [-0.1, -0.05) is 12.1 Å². The fraction of sp³-hybridized carbons (Fsp3) is 0.333. The second-order valence-corrected chi connectivity index (χ2v) is 5.12. The van der Waals surface area contributed by atoms with Crippen molar-refractivity contribution in [3.05, 3.63) is 30.1 Å². The van der Waals surface area contributed by atoms with Crippen LogP contribution in [0.25, 0.3) is 0 Å². The first-order valence-corrected chi connectivity index (χ1v) is 6.77. The minimum atomic E-state index is -1.04. The van der Waals surface area contributed by atoms with E-state index in [1.165, 1.54) is 41.9 Å². The zero-order valence-corrected chi connectivity index (χ0v) is 11.1. The predicted molar refractivity (Wildman–Crippen MR) is 70.8 cm³/mol. The molecule has 1 fully saturated rings. The van der Waals surface area contributed by atoms with Gasteiger partial charge in [0.1, 0.15) is 11.9 Å². The molecule has 1 heterocycles. The number of anilines is 1. The first kappa shape index (κ1) is 13.7. The van der Waals surface area contributed by atoms with E-state index in [2.05, 4.69) is 0 Å². The van der Waals surface area contributed by atoms with Crippen LogP contribution in [0.5, 0.6) is 0 Å². The van der Waals surface area contributed by atoms with Gasteiger partial charge in [-0.15, -0.1) is 11.8 Å². The Morgan fingerprint density at radius 3 is 2.79 bits per heavy atom. The molecule has 19 heavy (non-hydrogen) atoms. The van der Waals surface area contributed by atoms with Crippen molar-refractivity contribution in [3.8, 4) is 0 Å². The van der Waals surface area contributed by atoms with Crippen LogP contribution in [0.4, 0.5) is 14.9 Å². The number of para-hydroxylation sites is 1. The third-order valence-corrected chi connectivity index (χ3v) is 3.93. The second kappa shape index (κ2) is 5.48. The molecule has 102 valence electrons. The molecule has 0 spiro atoms. The first-order valence-electron chi connectivity index (χ1n) is 5.61. The standard InChI is InChI=1S/C12H13FN2O3S/c1-14(9-5-3-2-4-8(9)13)12(18)15-7-19-6-10(15)11(16)17/h2-5,10H,6-7H2,1H3,(H,16,17). The summed E-state index contributed by atoms with van der Waals surface area (Å²) in [4.78, 5) is 25.6. The highest BCUT2D eigenvalue weighted by atomic mass is 32.2. The number of hydrogen-bond acceptors (Lipinski definition) is 3. The third kappa shape index (κ3) is 2.65. The van der Waals surface area contributed by atoms with Crippen molar-refractivity contribution in [2.24, 2.45) is 0 Å². The smallest absolute Gasteiger partial charge is 0.327 e. The summed E-state index contributed by atoms with van der Waals surface area (Å²) >= 11 is 1.37. The van der Waals surface area contributed by atoms with Gasteiger partial charge in [-0.05, 0) is 12.1 Å². The van der Waals surface area contributed by atoms with E-state index in [1.807, 2.05) is 0 Å². The molecular formula is C12H13FN2O3S. The lowest BCUT2D eigenvalue weighted by atomic mass is 10.2. The van der Waals surface area contributed by atoms with Crippen LogP contribution in [0.2, 0.25) is 0 Å². The number of thioether (sulfide) groups is 1. The SMILES string of the molecule is CN(C(=O)N1CSCC1C(=O)O)c1ccccc1F. The quantitative estimate of drug-likeness (QED) is 0.900. The monoisotopic (exact) mass is 284 g/mol. The van der Waals surface area contributed by atoms with Gasteiger partial charge in [-0.25, -0.2) is 14.0 Å². The highest BCUT2D eigenvalue weighted by Gasteiger charge is 2.36. The first-order chi connectivity index (χ1) is 9.02. The van der Waals surface area contributed by atoms with Gasteiger partial charge < -0.3 is 10.0 Å². The van der Waals surface area contributed by atoms with Crippen LogP contribution in [0, 0.1) is 5.82 Å². The molecule has 1 atom stereocenters. The van der Waals surface area contributed by atoms with Gasteiger partial charge >= 0.3 is 12.0 Å². The summed E-state index contributed by atoms with van der Waals surface area (Å²) in [6, 6.07) is 4.52. The molecule has 1 aromatic rings. The molecule has 0 radical (unpaired) electrons. The van der Waals surface area contributed by atoms with Crippen LogP contribution in [-0.4, -0.2) is 46.7 Å². The van der Waals surface area contributed by atoms with Crippen molar-refractivity contribution in [3.63, 3.8) is 0 Å². The minimum absolute atomic E-state index is 0.133. The number of carbonyl (C=O) groups excluding carboxylic acids is 1. The Hall–Kier alpha value is -1.76. The van der Waals surface area contributed by atoms with Crippen molar-refractivity contribution in [2.45, 2.75) is 6.04 Å². The average molecular weight is 284 g/mol. The Morgan fingerprint density at radius 1 is 1.47 bits per heavy atom. The maximum Gasteiger partial charge on any atom is 0.327 e. The van der Waals surface area contributed by atoms with Crippen molar-refractivity contribution in [1.29, 1.82) is 0 Å². The van der Waals surface area contributed by atoms with E-state index in [0.29, 0.717) is 11.6 Å². The maximum absolute atomic E-state index is 13.6. The van der Waals surface area contributed by atoms with E-state index in [0.717, 1.165) is 4.90 Å². The minimum Gasteiger partial charge on any atom is -0.480 e. The zero-order valence-electron chi connectivity index (χ0n) is 10.2. The van der Waals surface area contributed by atoms with Crippen LogP contribution in [0.3, 0.4) is 0 Å². The molecule has 2 rings (SSSR count). The van der Waals surface area contributed by atoms with Gasteiger partial charge in [0.15, 0.2) is 0 Å². The summed E-state index contributed by atoms with van der Waals surface area (Å²) < 4.78 is 13.6. The third-order valence-electron chi connectivity index (χ3n) is 2.91. The van der Waals surface area contributed by atoms with Gasteiger partial charge in [-0.3, -0.25) is 4.90 Å². The number of hydrogen-bond donors (Lipinski definition) is 1. The van der Waals surface area contributed by atoms with Gasteiger partial charge in [-0.2, -0.15) is 0 Å². The van der Waals surface area contributed by atoms with Crippen LogP contribution in [-0.2, 0) is 4.79 Å². The lowest BCUT2D eigenvalue weighted by Gasteiger charge is -2.27. The van der Waals surface area contributed by atoms with Crippen molar-refractivity contribution in [1.82, 2.24) is 4.90 Å². The number of rotatable bonds is 2. The van der Waals surface area contributed by atoms with E-state index in [1.54, 1.807) is 6.07 Å². The Kier molecular flexibility index (Phi) is 3.94. The largest absolute Gasteiger partial charge is 0.480 e. The molecule has 1 aliphatic heterocycles. The number of carboxylic acids is 1.